The Morgan fingerprint density at radius 3 is 2.50 bits per heavy atom. The third kappa shape index (κ3) is 4.54. The van der Waals surface area contributed by atoms with Crippen molar-refractivity contribution >= 4 is 26.9 Å². The summed E-state index contributed by atoms with van der Waals surface area (Å²) in [5.74, 6) is -2.27. The Labute approximate surface area is 218 Å². The van der Waals surface area contributed by atoms with Gasteiger partial charge in [-0.15, -0.1) is 0 Å². The largest absolute Gasteiger partial charge is 0.494 e. The summed E-state index contributed by atoms with van der Waals surface area (Å²) in [6.07, 6.45) is 7.13. The van der Waals surface area contributed by atoms with Crippen LogP contribution in [0, 0.1) is 17.1 Å². The fourth-order valence-electron chi connectivity index (χ4n) is 5.22. The number of aromatic carboxylic acids is 1. The van der Waals surface area contributed by atoms with Crippen LogP contribution in [0.2, 0.25) is 0 Å². The number of halogens is 1. The molecule has 0 spiro atoms. The highest BCUT2D eigenvalue weighted by Crippen LogP contribution is 2.44. The number of carbonyl (C=O) groups is 1. The number of nitrogens with zero attached hydrogens (tertiary/aromatic N) is 2. The molecule has 2 aliphatic rings. The molecule has 1 aromatic heterocycles. The zero-order valence-electron chi connectivity index (χ0n) is 20.7. The number of pyridine rings is 1. The number of hydrogen-bond acceptors (Lipinski definition) is 6. The Balaban J connectivity index is 1.67. The van der Waals surface area contributed by atoms with Crippen LogP contribution < -0.4 is 14.9 Å². The zero-order valence-corrected chi connectivity index (χ0v) is 21.5. The molecule has 0 bridgehead atoms. The van der Waals surface area contributed by atoms with Crippen LogP contribution in [0.15, 0.2) is 40.2 Å². The van der Waals surface area contributed by atoms with Crippen molar-refractivity contribution in [2.75, 3.05) is 7.11 Å². The SMILES string of the molecule is COc1c(-c2ccc(S(=O)(=O)NC3CCCCC3)c(C#N)c2)c(F)cc2c(=O)c(C(=O)O)cn(C3CC3)c12. The molecule has 0 radical (unpaired) electrons. The number of sulfonamides is 1. The van der Waals surface area contributed by atoms with E-state index in [-0.39, 0.29) is 50.3 Å². The standard InChI is InChI=1S/C27H26FN3O6S/c1-37-26-23(21(28)12-19-24(26)31(18-8-9-18)14-20(25(19)32)27(33)34)15-7-10-22(16(11-15)13-29)38(35,36)30-17-5-3-2-4-6-17/h7,10-12,14,17-18,30H,2-6,8-9H2,1H3,(H,33,34). The molecule has 0 aliphatic heterocycles. The van der Waals surface area contributed by atoms with E-state index >= 15 is 4.39 Å². The van der Waals surface area contributed by atoms with Crippen molar-refractivity contribution in [2.45, 2.75) is 61.9 Å². The molecule has 0 atom stereocenters. The average Bonchev–Trinajstić information content (AvgIpc) is 3.73. The van der Waals surface area contributed by atoms with Gasteiger partial charge in [0, 0.05) is 18.3 Å². The van der Waals surface area contributed by atoms with Crippen LogP contribution in [0.1, 0.15) is 66.9 Å². The van der Waals surface area contributed by atoms with Gasteiger partial charge in [-0.1, -0.05) is 25.3 Å². The molecule has 11 heteroatoms. The molecule has 2 fully saturated rings. The van der Waals surface area contributed by atoms with Gasteiger partial charge < -0.3 is 14.4 Å². The molecule has 1 heterocycles. The summed E-state index contributed by atoms with van der Waals surface area (Å²) >= 11 is 0. The minimum Gasteiger partial charge on any atom is -0.494 e. The molecule has 2 aliphatic carbocycles. The van der Waals surface area contributed by atoms with E-state index in [2.05, 4.69) is 4.72 Å². The van der Waals surface area contributed by atoms with Gasteiger partial charge in [0.25, 0.3) is 0 Å². The molecular weight excluding hydrogens is 513 g/mol. The molecular formula is C27H26FN3O6S. The third-order valence-corrected chi connectivity index (χ3v) is 8.78. The Bertz CT molecular complexity index is 1670. The summed E-state index contributed by atoms with van der Waals surface area (Å²) in [5, 5.41) is 19.2. The van der Waals surface area contributed by atoms with Crippen molar-refractivity contribution < 1.29 is 27.4 Å². The zero-order chi connectivity index (χ0) is 27.2. The fourth-order valence-corrected chi connectivity index (χ4v) is 6.67. The van der Waals surface area contributed by atoms with Gasteiger partial charge in [0.15, 0.2) is 5.75 Å². The smallest absolute Gasteiger partial charge is 0.341 e. The molecule has 0 amide bonds. The third-order valence-electron chi connectivity index (χ3n) is 7.20. The van der Waals surface area contributed by atoms with Gasteiger partial charge in [-0.3, -0.25) is 4.79 Å². The highest BCUT2D eigenvalue weighted by molar-refractivity contribution is 7.89. The number of aromatic nitrogens is 1. The summed E-state index contributed by atoms with van der Waals surface area (Å²) in [5.41, 5.74) is -1.08. The number of ether oxygens (including phenoxy) is 1. The molecule has 9 nitrogen and oxygen atoms in total. The molecule has 2 N–H and O–H groups in total. The second-order valence-electron chi connectivity index (χ2n) is 9.76. The maximum atomic E-state index is 15.6. The number of benzene rings is 2. The quantitative estimate of drug-likeness (QED) is 0.456. The van der Waals surface area contributed by atoms with Crippen molar-refractivity contribution in [2.24, 2.45) is 0 Å². The van der Waals surface area contributed by atoms with E-state index in [4.69, 9.17) is 4.74 Å². The van der Waals surface area contributed by atoms with Crippen molar-refractivity contribution in [1.82, 2.24) is 9.29 Å². The van der Waals surface area contributed by atoms with Crippen LogP contribution in [0.25, 0.3) is 22.0 Å². The van der Waals surface area contributed by atoms with Crippen LogP contribution in [-0.4, -0.2) is 37.2 Å². The average molecular weight is 540 g/mol. The van der Waals surface area contributed by atoms with Gasteiger partial charge >= 0.3 is 5.97 Å². The minimum absolute atomic E-state index is 0.000710. The Kier molecular flexibility index (Phi) is 6.71. The number of nitrogens with one attached hydrogen (secondary N) is 1. The summed E-state index contributed by atoms with van der Waals surface area (Å²) < 4.78 is 51.7. The first-order valence-electron chi connectivity index (χ1n) is 12.4. The van der Waals surface area contributed by atoms with E-state index in [9.17, 15) is 28.4 Å². The first-order chi connectivity index (χ1) is 18.2. The summed E-state index contributed by atoms with van der Waals surface area (Å²) in [7, 11) is -2.68. The Morgan fingerprint density at radius 2 is 1.89 bits per heavy atom. The van der Waals surface area contributed by atoms with Gasteiger partial charge in [-0.25, -0.2) is 22.3 Å². The molecule has 2 aromatic carbocycles. The highest BCUT2D eigenvalue weighted by atomic mass is 32.2. The van der Waals surface area contributed by atoms with E-state index < -0.39 is 32.8 Å². The number of fused-ring (bicyclic) bond motifs is 1. The highest BCUT2D eigenvalue weighted by Gasteiger charge is 2.31. The minimum atomic E-state index is -3.99. The van der Waals surface area contributed by atoms with Crippen molar-refractivity contribution in [3.63, 3.8) is 0 Å². The monoisotopic (exact) mass is 539 g/mol. The molecule has 198 valence electrons. The lowest BCUT2D eigenvalue weighted by Gasteiger charge is -2.23. The number of carboxylic acids is 1. The molecule has 2 saturated carbocycles. The molecule has 3 aromatic rings. The first kappa shape index (κ1) is 25.9. The van der Waals surface area contributed by atoms with Crippen molar-refractivity contribution in [1.29, 1.82) is 5.26 Å². The summed E-state index contributed by atoms with van der Waals surface area (Å²) in [4.78, 5) is 24.4. The van der Waals surface area contributed by atoms with Gasteiger partial charge in [-0.05, 0) is 49.4 Å². The molecule has 5 rings (SSSR count). The van der Waals surface area contributed by atoms with Gasteiger partial charge in [0.2, 0.25) is 15.5 Å². The topological polar surface area (TPSA) is 138 Å². The number of carboxylic acid groups (broad SMARTS) is 1. The molecule has 38 heavy (non-hydrogen) atoms. The number of hydrogen-bond donors (Lipinski definition) is 2. The van der Waals surface area contributed by atoms with E-state index in [1.165, 1.54) is 31.5 Å². The number of rotatable bonds is 7. The maximum Gasteiger partial charge on any atom is 0.341 e. The van der Waals surface area contributed by atoms with Gasteiger partial charge in [0.1, 0.15) is 17.4 Å². The van der Waals surface area contributed by atoms with Crippen molar-refractivity contribution in [3.8, 4) is 22.9 Å². The maximum absolute atomic E-state index is 15.6. The van der Waals surface area contributed by atoms with E-state index in [0.29, 0.717) is 0 Å². The van der Waals surface area contributed by atoms with Crippen LogP contribution in [0.4, 0.5) is 4.39 Å². The first-order valence-corrected chi connectivity index (χ1v) is 13.9. The van der Waals surface area contributed by atoms with Crippen LogP contribution in [0.5, 0.6) is 5.75 Å². The van der Waals surface area contributed by atoms with Crippen LogP contribution >= 0.6 is 0 Å². The summed E-state index contributed by atoms with van der Waals surface area (Å²) in [6.45, 7) is 0. The lowest BCUT2D eigenvalue weighted by Crippen LogP contribution is -2.36. The Morgan fingerprint density at radius 1 is 1.18 bits per heavy atom. The van der Waals surface area contributed by atoms with E-state index in [0.717, 1.165) is 51.0 Å². The normalized spacial score (nSPS) is 16.3. The molecule has 0 unspecified atom stereocenters. The second kappa shape index (κ2) is 9.85. The van der Waals surface area contributed by atoms with E-state index in [1.54, 1.807) is 4.57 Å². The predicted octanol–water partition coefficient (Wildman–Crippen LogP) is 4.33. The van der Waals surface area contributed by atoms with E-state index in [1.807, 2.05) is 6.07 Å². The van der Waals surface area contributed by atoms with Crippen LogP contribution in [-0.2, 0) is 10.0 Å². The van der Waals surface area contributed by atoms with Gasteiger partial charge in [-0.2, -0.15) is 5.26 Å². The fraction of sp³-hybridized carbons (Fsp3) is 0.370. The number of methoxy groups -OCH3 is 1. The Hall–Kier alpha value is -3.75. The lowest BCUT2D eigenvalue weighted by atomic mass is 9.96. The van der Waals surface area contributed by atoms with Gasteiger partial charge in [0.05, 0.1) is 34.0 Å². The second-order valence-corrected chi connectivity index (χ2v) is 11.4. The summed E-state index contributed by atoms with van der Waals surface area (Å²) in [6, 6.07) is 6.56. The number of nitriles is 1. The molecule has 0 saturated heterocycles. The predicted molar refractivity (Wildman–Crippen MR) is 137 cm³/mol. The van der Waals surface area contributed by atoms with Crippen molar-refractivity contribution in [3.05, 3.63) is 57.6 Å². The van der Waals surface area contributed by atoms with Crippen LogP contribution in [0.3, 0.4) is 0 Å². The lowest BCUT2D eigenvalue weighted by molar-refractivity contribution is 0.0694.